The molecule has 1 heterocycles. The van der Waals surface area contributed by atoms with Crippen molar-refractivity contribution in [3.63, 3.8) is 0 Å². The summed E-state index contributed by atoms with van der Waals surface area (Å²) in [5.41, 5.74) is 1.25. The average Bonchev–Trinajstić information content (AvgIpc) is 2.16. The third-order valence-corrected chi connectivity index (χ3v) is 3.84. The van der Waals surface area contributed by atoms with Gasteiger partial charge in [0.25, 0.3) is 5.91 Å². The second kappa shape index (κ2) is 3.23. The average molecular weight is 282 g/mol. The number of ether oxygens (including phenoxy) is 1. The van der Waals surface area contributed by atoms with E-state index in [1.54, 1.807) is 0 Å². The van der Waals surface area contributed by atoms with Crippen LogP contribution in [0.25, 0.3) is 0 Å². The molecule has 1 aromatic rings. The summed E-state index contributed by atoms with van der Waals surface area (Å²) in [4.78, 5) is 12.0. The Bertz CT molecular complexity index is 480. The molecule has 0 unspecified atom stereocenters. The van der Waals surface area contributed by atoms with Gasteiger partial charge in [0.1, 0.15) is 5.75 Å². The first-order valence-corrected chi connectivity index (χ1v) is 6.21. The number of benzene rings is 1. The molecule has 4 heteroatoms. The number of carbonyl (C=O) groups excluding carboxylic acids is 1. The zero-order valence-corrected chi connectivity index (χ0v) is 10.6. The van der Waals surface area contributed by atoms with Gasteiger partial charge in [-0.2, -0.15) is 0 Å². The molecule has 1 N–H and O–H groups in total. The molecule has 0 saturated heterocycles. The van der Waals surface area contributed by atoms with E-state index >= 15 is 0 Å². The largest absolute Gasteiger partial charge is 0.475 e. The minimum absolute atomic E-state index is 0.0108. The normalized spacial score (nSPS) is 20.8. The van der Waals surface area contributed by atoms with Crippen LogP contribution >= 0.6 is 15.9 Å². The van der Waals surface area contributed by atoms with E-state index in [0.29, 0.717) is 0 Å². The predicted molar refractivity (Wildman–Crippen MR) is 64.7 cm³/mol. The molecule has 1 aliphatic heterocycles. The number of amides is 1. The van der Waals surface area contributed by atoms with E-state index < -0.39 is 5.60 Å². The van der Waals surface area contributed by atoms with E-state index in [-0.39, 0.29) is 5.91 Å². The lowest BCUT2D eigenvalue weighted by molar-refractivity contribution is -0.139. The van der Waals surface area contributed by atoms with Gasteiger partial charge >= 0.3 is 0 Å². The van der Waals surface area contributed by atoms with Crippen molar-refractivity contribution in [2.75, 3.05) is 5.32 Å². The minimum Gasteiger partial charge on any atom is -0.475 e. The summed E-state index contributed by atoms with van der Waals surface area (Å²) in [6.45, 7) is 1.96. The van der Waals surface area contributed by atoms with E-state index in [1.807, 2.05) is 19.1 Å². The predicted octanol–water partition coefficient (Wildman–Crippen LogP) is 3.01. The summed E-state index contributed by atoms with van der Waals surface area (Å²) >= 11 is 3.44. The minimum atomic E-state index is -0.583. The number of hydrogen-bond donors (Lipinski definition) is 1. The molecule has 1 fully saturated rings. The van der Waals surface area contributed by atoms with Gasteiger partial charge in [-0.25, -0.2) is 0 Å². The molecule has 1 amide bonds. The van der Waals surface area contributed by atoms with Crippen LogP contribution in [0.1, 0.15) is 24.8 Å². The first-order chi connectivity index (χ1) is 7.61. The maximum absolute atomic E-state index is 12.0. The summed E-state index contributed by atoms with van der Waals surface area (Å²) in [7, 11) is 0. The molecular weight excluding hydrogens is 270 g/mol. The number of nitrogens with one attached hydrogen (secondary N) is 1. The summed E-state index contributed by atoms with van der Waals surface area (Å²) in [6, 6.07) is 3.89. The number of halogens is 1. The van der Waals surface area contributed by atoms with Gasteiger partial charge in [-0.1, -0.05) is 15.9 Å². The molecule has 0 radical (unpaired) electrons. The Morgan fingerprint density at radius 2 is 2.19 bits per heavy atom. The number of carbonyl (C=O) groups is 1. The molecule has 1 saturated carbocycles. The second-order valence-electron chi connectivity index (χ2n) is 4.50. The van der Waals surface area contributed by atoms with Gasteiger partial charge in [-0.3, -0.25) is 4.79 Å². The van der Waals surface area contributed by atoms with Crippen LogP contribution in [0.15, 0.2) is 16.6 Å². The van der Waals surface area contributed by atoms with Crippen LogP contribution in [0.2, 0.25) is 0 Å². The summed E-state index contributed by atoms with van der Waals surface area (Å²) < 4.78 is 6.87. The van der Waals surface area contributed by atoms with Gasteiger partial charge < -0.3 is 10.1 Å². The third-order valence-electron chi connectivity index (χ3n) is 3.38. The highest BCUT2D eigenvalue weighted by molar-refractivity contribution is 9.10. The van der Waals surface area contributed by atoms with Crippen LogP contribution in [0, 0.1) is 6.92 Å². The number of rotatable bonds is 0. The Hall–Kier alpha value is -1.03. The van der Waals surface area contributed by atoms with Crippen LogP contribution in [-0.4, -0.2) is 11.5 Å². The lowest BCUT2D eigenvalue weighted by atomic mass is 9.78. The van der Waals surface area contributed by atoms with Crippen molar-refractivity contribution >= 4 is 27.5 Å². The standard InChI is InChI=1S/C12H12BrNO2/c1-7-5-8(13)6-9-10(7)14-11(15)12(16-9)3-2-4-12/h5-6H,2-4H2,1H3,(H,14,15). The molecule has 2 aliphatic rings. The Balaban J connectivity index is 2.08. The summed E-state index contributed by atoms with van der Waals surface area (Å²) in [5, 5.41) is 2.96. The quantitative estimate of drug-likeness (QED) is 0.794. The van der Waals surface area contributed by atoms with Gasteiger partial charge in [-0.05, 0) is 43.9 Å². The Morgan fingerprint density at radius 3 is 2.81 bits per heavy atom. The molecule has 1 spiro atoms. The molecule has 1 aliphatic carbocycles. The van der Waals surface area contributed by atoms with Gasteiger partial charge in [0.05, 0.1) is 5.69 Å². The van der Waals surface area contributed by atoms with Gasteiger partial charge in [0.2, 0.25) is 0 Å². The number of aryl methyl sites for hydroxylation is 1. The second-order valence-corrected chi connectivity index (χ2v) is 5.42. The fourth-order valence-electron chi connectivity index (χ4n) is 2.26. The van der Waals surface area contributed by atoms with E-state index in [2.05, 4.69) is 21.2 Å². The number of hydrogen-bond acceptors (Lipinski definition) is 2. The molecule has 1 aromatic carbocycles. The maximum atomic E-state index is 12.0. The zero-order valence-electron chi connectivity index (χ0n) is 8.97. The molecule has 3 rings (SSSR count). The van der Waals surface area contributed by atoms with Gasteiger partial charge in [0, 0.05) is 4.47 Å². The van der Waals surface area contributed by atoms with Gasteiger partial charge in [0.15, 0.2) is 5.60 Å². The number of fused-ring (bicyclic) bond motifs is 1. The first kappa shape index (κ1) is 10.1. The highest BCUT2D eigenvalue weighted by atomic mass is 79.9. The fraction of sp³-hybridized carbons (Fsp3) is 0.417. The fourth-order valence-corrected chi connectivity index (χ4v) is 2.82. The Morgan fingerprint density at radius 1 is 1.44 bits per heavy atom. The lowest BCUT2D eigenvalue weighted by Crippen LogP contribution is -2.55. The van der Waals surface area contributed by atoms with Crippen LogP contribution in [0.5, 0.6) is 5.75 Å². The first-order valence-electron chi connectivity index (χ1n) is 5.41. The molecule has 16 heavy (non-hydrogen) atoms. The molecule has 0 atom stereocenters. The van der Waals surface area contributed by atoms with Crippen LogP contribution in [0.4, 0.5) is 5.69 Å². The topological polar surface area (TPSA) is 38.3 Å². The van der Waals surface area contributed by atoms with Crippen molar-refractivity contribution in [1.29, 1.82) is 0 Å². The molecule has 0 bridgehead atoms. The molecule has 0 aromatic heterocycles. The van der Waals surface area contributed by atoms with Crippen molar-refractivity contribution in [2.24, 2.45) is 0 Å². The monoisotopic (exact) mass is 281 g/mol. The smallest absolute Gasteiger partial charge is 0.268 e. The molecule has 84 valence electrons. The van der Waals surface area contributed by atoms with E-state index in [1.165, 1.54) is 0 Å². The van der Waals surface area contributed by atoms with Crippen molar-refractivity contribution in [3.8, 4) is 5.75 Å². The van der Waals surface area contributed by atoms with Crippen LogP contribution in [0.3, 0.4) is 0 Å². The van der Waals surface area contributed by atoms with E-state index in [0.717, 1.165) is 40.7 Å². The van der Waals surface area contributed by atoms with Gasteiger partial charge in [-0.15, -0.1) is 0 Å². The number of anilines is 1. The van der Waals surface area contributed by atoms with Crippen LogP contribution in [-0.2, 0) is 4.79 Å². The van der Waals surface area contributed by atoms with Crippen molar-refractivity contribution in [2.45, 2.75) is 31.8 Å². The zero-order chi connectivity index (χ0) is 11.3. The summed E-state index contributed by atoms with van der Waals surface area (Å²) in [5.74, 6) is 0.794. The molecular formula is C12H12BrNO2. The maximum Gasteiger partial charge on any atom is 0.268 e. The lowest BCUT2D eigenvalue weighted by Gasteiger charge is -2.43. The van der Waals surface area contributed by atoms with E-state index in [4.69, 9.17) is 4.74 Å². The van der Waals surface area contributed by atoms with Crippen molar-refractivity contribution < 1.29 is 9.53 Å². The SMILES string of the molecule is Cc1cc(Br)cc2c1NC(=O)C1(CCC1)O2. The highest BCUT2D eigenvalue weighted by Crippen LogP contribution is 2.45. The molecule has 3 nitrogen and oxygen atoms in total. The van der Waals surface area contributed by atoms with E-state index in [9.17, 15) is 4.79 Å². The van der Waals surface area contributed by atoms with Crippen molar-refractivity contribution in [1.82, 2.24) is 0 Å². The Kier molecular flexibility index (Phi) is 2.05. The van der Waals surface area contributed by atoms with Crippen molar-refractivity contribution in [3.05, 3.63) is 22.2 Å². The third kappa shape index (κ3) is 1.29. The Labute approximate surface area is 102 Å². The highest BCUT2D eigenvalue weighted by Gasteiger charge is 2.49. The summed E-state index contributed by atoms with van der Waals surface area (Å²) in [6.07, 6.45) is 2.71. The van der Waals surface area contributed by atoms with Crippen LogP contribution < -0.4 is 10.1 Å².